The molecular weight excluding hydrogens is 841 g/mol. The van der Waals surface area contributed by atoms with E-state index in [0.29, 0.717) is 42.7 Å². The molecule has 2 saturated heterocycles. The first-order valence-electron chi connectivity index (χ1n) is 21.4. The lowest BCUT2D eigenvalue weighted by Gasteiger charge is -2.22. The van der Waals surface area contributed by atoms with Crippen molar-refractivity contribution in [1.82, 2.24) is 34.5 Å². The van der Waals surface area contributed by atoms with E-state index in [-0.39, 0.29) is 22.2 Å². The SMILES string of the molecule is CCOC(=O)CC1=Nc2ccccc2C1.CCOC(=O)c1cc2ccc(N3CCCN(C)CC3)nc2n2c1nc1ccccc12.CN1CCCNCC1.O=Cc1ccc(Cl)nc1Cl. The van der Waals surface area contributed by atoms with Crippen LogP contribution in [0.3, 0.4) is 0 Å². The highest BCUT2D eigenvalue weighted by atomic mass is 35.5. The van der Waals surface area contributed by atoms with Gasteiger partial charge < -0.3 is 29.5 Å². The van der Waals surface area contributed by atoms with Crippen LogP contribution in [0.4, 0.5) is 11.5 Å². The van der Waals surface area contributed by atoms with Gasteiger partial charge in [0, 0.05) is 50.2 Å². The number of benzene rings is 2. The monoisotopic (exact) mass is 895 g/mol. The number of carbonyl (C=O) groups is 3. The molecule has 0 radical (unpaired) electrons. The molecule has 0 unspecified atom stereocenters. The van der Waals surface area contributed by atoms with E-state index in [1.54, 1.807) is 0 Å². The molecule has 2 fully saturated rings. The maximum Gasteiger partial charge on any atom is 0.341 e. The predicted molar refractivity (Wildman–Crippen MR) is 251 cm³/mol. The van der Waals surface area contributed by atoms with Crippen LogP contribution in [0.5, 0.6) is 0 Å². The molecule has 1 N–H and O–H groups in total. The van der Waals surface area contributed by atoms with Crippen LogP contribution in [0.2, 0.25) is 10.3 Å². The summed E-state index contributed by atoms with van der Waals surface area (Å²) in [5, 5.41) is 4.66. The van der Waals surface area contributed by atoms with E-state index >= 15 is 0 Å². The zero-order valence-corrected chi connectivity index (χ0v) is 37.9. The van der Waals surface area contributed by atoms with E-state index in [9.17, 15) is 14.4 Å². The number of hydrogen-bond donors (Lipinski definition) is 1. The number of aliphatic imine (C=N–C) groups is 1. The van der Waals surface area contributed by atoms with Crippen molar-refractivity contribution < 1.29 is 23.9 Å². The molecule has 332 valence electrons. The van der Waals surface area contributed by atoms with Crippen LogP contribution in [0.15, 0.2) is 83.9 Å². The van der Waals surface area contributed by atoms with E-state index in [2.05, 4.69) is 44.1 Å². The number of carbonyl (C=O) groups excluding carboxylic acids is 3. The predicted octanol–water partition coefficient (Wildman–Crippen LogP) is 7.74. The summed E-state index contributed by atoms with van der Waals surface area (Å²) in [5.41, 5.74) is 7.05. The number of hydrogen-bond acceptors (Lipinski definition) is 13. The molecule has 0 spiro atoms. The number of aromatic nitrogens is 4. The van der Waals surface area contributed by atoms with Crippen molar-refractivity contribution in [3.05, 3.63) is 106 Å². The number of aldehydes is 1. The largest absolute Gasteiger partial charge is 0.466 e. The van der Waals surface area contributed by atoms with Crippen LogP contribution in [-0.2, 0) is 20.7 Å². The number of nitrogens with one attached hydrogen (secondary N) is 1. The molecule has 2 aromatic carbocycles. The molecule has 16 heteroatoms. The average Bonchev–Trinajstić information content (AvgIpc) is 3.69. The summed E-state index contributed by atoms with van der Waals surface area (Å²) < 4.78 is 12.2. The Labute approximate surface area is 378 Å². The second kappa shape index (κ2) is 23.3. The number of halogens is 2. The van der Waals surface area contributed by atoms with Gasteiger partial charge in [-0.25, -0.2) is 19.7 Å². The summed E-state index contributed by atoms with van der Waals surface area (Å²) in [4.78, 5) is 58.9. The Balaban J connectivity index is 0.000000165. The molecule has 3 aliphatic heterocycles. The standard InChI is InChI=1S/C23H25N5O2.C12H13NO2.C6H3Cl2NO.C6H14N2/c1-3-30-23(29)17-15-16-9-10-20(27-12-6-11-26(2)13-14-27)25-21(16)28-19-8-5-4-7-18(19)24-22(17)28;1-2-15-12(14)8-10-7-9-5-3-4-6-11(9)13-10;7-5-2-1-4(3-10)6(8)9-5;1-8-5-2-3-7-4-6-8/h4-5,7-10,15H,3,6,11-14H2,1-2H3;3-6H,2,7-8H2,1H3;1-3H;7H,2-6H2,1H3. The fourth-order valence-corrected chi connectivity index (χ4v) is 7.75. The lowest BCUT2D eigenvalue weighted by atomic mass is 10.1. The van der Waals surface area contributed by atoms with Crippen LogP contribution < -0.4 is 10.2 Å². The van der Waals surface area contributed by atoms with Gasteiger partial charge in [0.25, 0.3) is 0 Å². The summed E-state index contributed by atoms with van der Waals surface area (Å²) >= 11 is 11.0. The third kappa shape index (κ3) is 12.8. The number of pyridine rings is 3. The summed E-state index contributed by atoms with van der Waals surface area (Å²) in [6.07, 6.45) is 4.13. The fraction of sp³-hybridized carbons (Fsp3) is 0.383. The van der Waals surface area contributed by atoms with Gasteiger partial charge >= 0.3 is 11.9 Å². The molecule has 7 heterocycles. The molecule has 0 amide bonds. The van der Waals surface area contributed by atoms with E-state index in [4.69, 9.17) is 42.6 Å². The summed E-state index contributed by atoms with van der Waals surface area (Å²) in [5.74, 6) is 0.407. The zero-order valence-electron chi connectivity index (χ0n) is 36.4. The molecule has 0 bridgehead atoms. The second-order valence-corrected chi connectivity index (χ2v) is 16.0. The first-order chi connectivity index (χ1) is 30.6. The van der Waals surface area contributed by atoms with Gasteiger partial charge in [0.1, 0.15) is 27.3 Å². The number of para-hydroxylation sites is 3. The number of fused-ring (bicyclic) bond motifs is 6. The van der Waals surface area contributed by atoms with Crippen molar-refractivity contribution in [1.29, 1.82) is 0 Å². The Morgan fingerprint density at radius 3 is 2.32 bits per heavy atom. The molecule has 0 aliphatic carbocycles. The molecule has 0 atom stereocenters. The highest BCUT2D eigenvalue weighted by molar-refractivity contribution is 6.33. The van der Waals surface area contributed by atoms with Crippen molar-refractivity contribution in [2.45, 2.75) is 39.5 Å². The molecule has 14 nitrogen and oxygen atoms in total. The van der Waals surface area contributed by atoms with Crippen molar-refractivity contribution >= 4 is 86.4 Å². The topological polar surface area (TPSA) is 147 Å². The molecule has 9 rings (SSSR count). The summed E-state index contributed by atoms with van der Waals surface area (Å²) in [6.45, 7) is 13.3. The van der Waals surface area contributed by atoms with Crippen LogP contribution in [0.1, 0.15) is 59.4 Å². The van der Waals surface area contributed by atoms with Gasteiger partial charge in [0.2, 0.25) is 0 Å². The maximum atomic E-state index is 12.7. The average molecular weight is 897 g/mol. The fourth-order valence-electron chi connectivity index (χ4n) is 7.36. The van der Waals surface area contributed by atoms with Crippen molar-refractivity contribution in [3.8, 4) is 0 Å². The number of anilines is 1. The minimum absolute atomic E-state index is 0.141. The lowest BCUT2D eigenvalue weighted by molar-refractivity contribution is -0.141. The van der Waals surface area contributed by atoms with Gasteiger partial charge in [-0.05, 0) is 115 Å². The Morgan fingerprint density at radius 2 is 1.54 bits per heavy atom. The quantitative estimate of drug-likeness (QED) is 0.0951. The van der Waals surface area contributed by atoms with Gasteiger partial charge in [-0.3, -0.25) is 19.0 Å². The lowest BCUT2D eigenvalue weighted by Crippen LogP contribution is -2.29. The van der Waals surface area contributed by atoms with Crippen LogP contribution in [-0.4, -0.2) is 133 Å². The first-order valence-corrected chi connectivity index (χ1v) is 22.1. The van der Waals surface area contributed by atoms with Crippen LogP contribution >= 0.6 is 23.2 Å². The number of ether oxygens (including phenoxy) is 2. The smallest absolute Gasteiger partial charge is 0.341 e. The molecule has 6 aromatic rings. The van der Waals surface area contributed by atoms with Gasteiger partial charge in [0.05, 0.1) is 41.9 Å². The Morgan fingerprint density at radius 1 is 0.778 bits per heavy atom. The van der Waals surface area contributed by atoms with Crippen molar-refractivity contribution in [3.63, 3.8) is 0 Å². The van der Waals surface area contributed by atoms with Gasteiger partial charge in [-0.15, -0.1) is 0 Å². The molecule has 4 aromatic heterocycles. The normalized spacial score (nSPS) is 15.3. The maximum absolute atomic E-state index is 12.7. The van der Waals surface area contributed by atoms with Crippen LogP contribution in [0.25, 0.3) is 27.7 Å². The summed E-state index contributed by atoms with van der Waals surface area (Å²) in [7, 11) is 4.34. The first kappa shape index (κ1) is 47.0. The third-order valence-electron chi connectivity index (χ3n) is 10.6. The molecular formula is C47H55Cl2N9O5. The van der Waals surface area contributed by atoms with E-state index in [1.807, 2.05) is 85.0 Å². The van der Waals surface area contributed by atoms with Gasteiger partial charge in [0.15, 0.2) is 11.9 Å². The Bertz CT molecular complexity index is 2540. The van der Waals surface area contributed by atoms with Gasteiger partial charge in [-0.2, -0.15) is 0 Å². The van der Waals surface area contributed by atoms with E-state index < -0.39 is 0 Å². The minimum Gasteiger partial charge on any atom is -0.466 e. The number of rotatable bonds is 7. The highest BCUT2D eigenvalue weighted by Crippen LogP contribution is 2.29. The molecule has 63 heavy (non-hydrogen) atoms. The van der Waals surface area contributed by atoms with E-state index in [0.717, 1.165) is 84.8 Å². The Kier molecular flexibility index (Phi) is 17.3. The third-order valence-corrected chi connectivity index (χ3v) is 11.1. The number of esters is 2. The van der Waals surface area contributed by atoms with E-state index in [1.165, 1.54) is 43.8 Å². The number of imidazole rings is 1. The van der Waals surface area contributed by atoms with Crippen molar-refractivity contribution in [2.24, 2.45) is 4.99 Å². The molecule has 3 aliphatic rings. The van der Waals surface area contributed by atoms with Crippen LogP contribution in [0, 0.1) is 0 Å². The zero-order chi connectivity index (χ0) is 44.7. The second-order valence-electron chi connectivity index (χ2n) is 15.3. The summed E-state index contributed by atoms with van der Waals surface area (Å²) in [6, 6.07) is 24.8. The number of nitrogens with zero attached hydrogens (tertiary/aromatic N) is 8. The minimum atomic E-state index is -0.362. The van der Waals surface area contributed by atoms with Crippen molar-refractivity contribution in [2.75, 3.05) is 84.6 Å². The number of likely N-dealkylation sites (N-methyl/N-ethyl adjacent to an activating group) is 2. The Hall–Kier alpha value is -5.51. The highest BCUT2D eigenvalue weighted by Gasteiger charge is 2.21. The van der Waals surface area contributed by atoms with Gasteiger partial charge in [-0.1, -0.05) is 53.5 Å². The molecule has 0 saturated carbocycles.